The molecule has 3 rings (SSSR count). The zero-order valence-corrected chi connectivity index (χ0v) is 12.3. The maximum Gasteiger partial charge on any atom is 0.165 e. The first-order chi connectivity index (χ1) is 10.3. The van der Waals surface area contributed by atoms with Gasteiger partial charge < -0.3 is 14.8 Å². The summed E-state index contributed by atoms with van der Waals surface area (Å²) in [5.74, 6) is 0.168. The van der Waals surface area contributed by atoms with Crippen molar-refractivity contribution in [3.05, 3.63) is 29.6 Å². The molecule has 2 aliphatic heterocycles. The number of para-hydroxylation sites is 1. The van der Waals surface area contributed by atoms with Gasteiger partial charge in [-0.1, -0.05) is 12.1 Å². The topological polar surface area (TPSA) is 33.7 Å². The number of rotatable bonds is 5. The minimum Gasteiger partial charge on any atom is -0.490 e. The number of halogens is 1. The van der Waals surface area contributed by atoms with Gasteiger partial charge in [-0.25, -0.2) is 4.39 Å². The van der Waals surface area contributed by atoms with Crippen LogP contribution in [-0.2, 0) is 4.74 Å². The van der Waals surface area contributed by atoms with E-state index in [0.717, 1.165) is 57.8 Å². The molecule has 1 saturated heterocycles. The van der Waals surface area contributed by atoms with Crippen LogP contribution in [0.2, 0.25) is 0 Å². The first-order valence-corrected chi connectivity index (χ1v) is 7.79. The van der Waals surface area contributed by atoms with E-state index in [1.165, 1.54) is 6.07 Å². The van der Waals surface area contributed by atoms with E-state index in [2.05, 4.69) is 10.2 Å². The lowest BCUT2D eigenvalue weighted by Gasteiger charge is -2.28. The van der Waals surface area contributed by atoms with Crippen LogP contribution in [0.4, 0.5) is 4.39 Å². The van der Waals surface area contributed by atoms with Crippen LogP contribution >= 0.6 is 0 Å². The zero-order chi connectivity index (χ0) is 14.5. The van der Waals surface area contributed by atoms with Gasteiger partial charge in [0.15, 0.2) is 11.6 Å². The van der Waals surface area contributed by atoms with Crippen LogP contribution < -0.4 is 10.1 Å². The molecule has 0 aliphatic carbocycles. The molecule has 1 aromatic rings. The van der Waals surface area contributed by atoms with E-state index in [4.69, 9.17) is 9.47 Å². The van der Waals surface area contributed by atoms with Crippen molar-refractivity contribution < 1.29 is 13.9 Å². The normalized spacial score (nSPS) is 22.6. The molecule has 4 nitrogen and oxygen atoms in total. The third-order valence-electron chi connectivity index (χ3n) is 4.17. The lowest BCUT2D eigenvalue weighted by atomic mass is 10.0. The summed E-state index contributed by atoms with van der Waals surface area (Å²) >= 11 is 0. The molecule has 1 N–H and O–H groups in total. The number of fused-ring (bicyclic) bond motifs is 1. The Morgan fingerprint density at radius 3 is 2.95 bits per heavy atom. The molecule has 1 unspecified atom stereocenters. The van der Waals surface area contributed by atoms with Gasteiger partial charge in [0.05, 0.1) is 19.8 Å². The molecule has 2 aliphatic rings. The van der Waals surface area contributed by atoms with Gasteiger partial charge in [0, 0.05) is 31.1 Å². The Hall–Kier alpha value is -1.17. The standard InChI is InChI=1S/C16H23FN2O2/c17-14-4-1-3-13-15(5-10-21-16(13)14)18-6-2-7-19-8-11-20-12-9-19/h1,3-4,15,18H,2,5-12H2. The first kappa shape index (κ1) is 14.8. The molecule has 0 radical (unpaired) electrons. The van der Waals surface area contributed by atoms with Gasteiger partial charge in [-0.05, 0) is 25.6 Å². The maximum atomic E-state index is 13.7. The van der Waals surface area contributed by atoms with E-state index in [1.807, 2.05) is 6.07 Å². The molecular weight excluding hydrogens is 271 g/mol. The molecule has 5 heteroatoms. The van der Waals surface area contributed by atoms with Gasteiger partial charge in [-0.15, -0.1) is 0 Å². The summed E-state index contributed by atoms with van der Waals surface area (Å²) in [7, 11) is 0. The molecule has 1 fully saturated rings. The number of nitrogens with zero attached hydrogens (tertiary/aromatic N) is 1. The van der Waals surface area contributed by atoms with Crippen molar-refractivity contribution in [2.75, 3.05) is 46.0 Å². The van der Waals surface area contributed by atoms with Gasteiger partial charge in [-0.2, -0.15) is 0 Å². The van der Waals surface area contributed by atoms with Gasteiger partial charge in [0.2, 0.25) is 0 Å². The monoisotopic (exact) mass is 294 g/mol. The maximum absolute atomic E-state index is 13.7. The number of nitrogens with one attached hydrogen (secondary N) is 1. The molecule has 0 aromatic heterocycles. The summed E-state index contributed by atoms with van der Waals surface area (Å²) in [6, 6.07) is 5.37. The van der Waals surface area contributed by atoms with Gasteiger partial charge in [-0.3, -0.25) is 4.90 Å². The van der Waals surface area contributed by atoms with Crippen molar-refractivity contribution >= 4 is 0 Å². The summed E-state index contributed by atoms with van der Waals surface area (Å²) in [5, 5.41) is 3.54. The van der Waals surface area contributed by atoms with E-state index in [1.54, 1.807) is 6.07 Å². The average Bonchev–Trinajstić information content (AvgIpc) is 2.53. The van der Waals surface area contributed by atoms with E-state index in [-0.39, 0.29) is 11.9 Å². The Bertz CT molecular complexity index is 464. The van der Waals surface area contributed by atoms with Gasteiger partial charge in [0.25, 0.3) is 0 Å². The van der Waals surface area contributed by atoms with Crippen molar-refractivity contribution in [2.45, 2.75) is 18.9 Å². The fraction of sp³-hybridized carbons (Fsp3) is 0.625. The van der Waals surface area contributed by atoms with E-state index in [9.17, 15) is 4.39 Å². The summed E-state index contributed by atoms with van der Waals surface area (Å²) < 4.78 is 24.5. The highest BCUT2D eigenvalue weighted by Gasteiger charge is 2.23. The van der Waals surface area contributed by atoms with Crippen molar-refractivity contribution in [1.29, 1.82) is 0 Å². The number of morpholine rings is 1. The number of hydrogen-bond donors (Lipinski definition) is 1. The highest BCUT2D eigenvalue weighted by Crippen LogP contribution is 2.33. The fourth-order valence-electron chi connectivity index (χ4n) is 3.00. The second kappa shape index (κ2) is 7.20. The lowest BCUT2D eigenvalue weighted by molar-refractivity contribution is 0.0373. The van der Waals surface area contributed by atoms with Crippen LogP contribution in [0.25, 0.3) is 0 Å². The summed E-state index contributed by atoms with van der Waals surface area (Å²) in [5.41, 5.74) is 0.952. The van der Waals surface area contributed by atoms with Crippen molar-refractivity contribution in [1.82, 2.24) is 10.2 Å². The second-order valence-electron chi connectivity index (χ2n) is 5.61. The fourth-order valence-corrected chi connectivity index (χ4v) is 3.00. The van der Waals surface area contributed by atoms with Gasteiger partial charge in [0.1, 0.15) is 0 Å². The van der Waals surface area contributed by atoms with Crippen molar-refractivity contribution in [3.63, 3.8) is 0 Å². The smallest absolute Gasteiger partial charge is 0.165 e. The van der Waals surface area contributed by atoms with Crippen LogP contribution in [0.3, 0.4) is 0 Å². The molecule has 21 heavy (non-hydrogen) atoms. The molecule has 0 amide bonds. The minimum absolute atomic E-state index is 0.203. The molecule has 0 saturated carbocycles. The Kier molecular flexibility index (Phi) is 5.06. The lowest BCUT2D eigenvalue weighted by Crippen LogP contribution is -2.38. The predicted octanol–water partition coefficient (Wildman–Crippen LogP) is 1.96. The van der Waals surface area contributed by atoms with Gasteiger partial charge >= 0.3 is 0 Å². The van der Waals surface area contributed by atoms with Crippen LogP contribution in [0.5, 0.6) is 5.75 Å². The van der Waals surface area contributed by atoms with Crippen molar-refractivity contribution in [3.8, 4) is 5.75 Å². The number of benzene rings is 1. The van der Waals surface area contributed by atoms with E-state index < -0.39 is 0 Å². The van der Waals surface area contributed by atoms with Crippen LogP contribution in [0, 0.1) is 5.82 Å². The Labute approximate surface area is 125 Å². The third-order valence-corrected chi connectivity index (χ3v) is 4.17. The molecule has 0 bridgehead atoms. The number of ether oxygens (including phenoxy) is 2. The van der Waals surface area contributed by atoms with E-state index in [0.29, 0.717) is 12.4 Å². The van der Waals surface area contributed by atoms with Crippen molar-refractivity contribution in [2.24, 2.45) is 0 Å². The molecule has 2 heterocycles. The van der Waals surface area contributed by atoms with Crippen LogP contribution in [0.1, 0.15) is 24.4 Å². The largest absolute Gasteiger partial charge is 0.490 e. The van der Waals surface area contributed by atoms with Crippen LogP contribution in [-0.4, -0.2) is 50.9 Å². The Morgan fingerprint density at radius 2 is 2.10 bits per heavy atom. The molecular formula is C16H23FN2O2. The highest BCUT2D eigenvalue weighted by molar-refractivity contribution is 5.38. The summed E-state index contributed by atoms with van der Waals surface area (Å²) in [6.07, 6.45) is 2.00. The number of hydrogen-bond acceptors (Lipinski definition) is 4. The van der Waals surface area contributed by atoms with E-state index >= 15 is 0 Å². The zero-order valence-electron chi connectivity index (χ0n) is 12.3. The second-order valence-corrected chi connectivity index (χ2v) is 5.61. The quantitative estimate of drug-likeness (QED) is 0.842. The predicted molar refractivity (Wildman–Crippen MR) is 79.1 cm³/mol. The SMILES string of the molecule is Fc1cccc2c1OCCC2NCCCN1CCOCC1. The average molecular weight is 294 g/mol. The first-order valence-electron chi connectivity index (χ1n) is 7.79. The highest BCUT2D eigenvalue weighted by atomic mass is 19.1. The molecule has 0 spiro atoms. The Balaban J connectivity index is 1.47. The minimum atomic E-state index is -0.257. The summed E-state index contributed by atoms with van der Waals surface area (Å²) in [4.78, 5) is 2.43. The summed E-state index contributed by atoms with van der Waals surface area (Å²) in [6.45, 7) is 6.37. The van der Waals surface area contributed by atoms with Crippen LogP contribution in [0.15, 0.2) is 18.2 Å². The molecule has 116 valence electrons. The Morgan fingerprint density at radius 1 is 1.24 bits per heavy atom. The third kappa shape index (κ3) is 3.73. The molecule has 1 aromatic carbocycles. The molecule has 1 atom stereocenters.